The van der Waals surface area contributed by atoms with Crippen molar-refractivity contribution in [2.45, 2.75) is 38.0 Å². The number of aliphatic carboxylic acids is 1. The van der Waals surface area contributed by atoms with E-state index in [1.807, 2.05) is 23.7 Å². The van der Waals surface area contributed by atoms with Crippen molar-refractivity contribution in [1.29, 1.82) is 0 Å². The highest BCUT2D eigenvalue weighted by molar-refractivity contribution is 7.80. The van der Waals surface area contributed by atoms with Gasteiger partial charge in [-0.3, -0.25) is 14.1 Å². The van der Waals surface area contributed by atoms with Gasteiger partial charge in [-0.2, -0.15) is 17.9 Å². The number of nitrogens with zero attached hydrogens (tertiary/aromatic N) is 5. The van der Waals surface area contributed by atoms with Gasteiger partial charge in [-0.1, -0.05) is 5.16 Å². The monoisotopic (exact) mass is 667 g/mol. The number of aromatic nitrogens is 3. The summed E-state index contributed by atoms with van der Waals surface area (Å²) < 4.78 is 45.1. The molecular weight excluding hydrogens is 636 g/mol. The van der Waals surface area contributed by atoms with E-state index in [4.69, 9.17) is 19.9 Å². The first-order valence-corrected chi connectivity index (χ1v) is 15.7. The Kier molecular flexibility index (Phi) is 8.68. The Morgan fingerprint density at radius 1 is 1.33 bits per heavy atom. The van der Waals surface area contributed by atoms with Crippen LogP contribution in [0.3, 0.4) is 0 Å². The Morgan fingerprint density at radius 3 is 2.64 bits per heavy atom. The zero-order valence-electron chi connectivity index (χ0n) is 24.2. The second-order valence-corrected chi connectivity index (χ2v) is 12.9. The molecule has 0 spiro atoms. The molecule has 5 heterocycles. The van der Waals surface area contributed by atoms with Gasteiger partial charge in [0, 0.05) is 17.9 Å². The molecule has 0 aromatic carbocycles. The number of carboxylic acid groups (broad SMARTS) is 1. The topological polar surface area (TPSA) is 240 Å². The third-order valence-electron chi connectivity index (χ3n) is 7.40. The van der Waals surface area contributed by atoms with Crippen LogP contribution in [0.4, 0.5) is 5.13 Å². The van der Waals surface area contributed by atoms with Gasteiger partial charge in [-0.05, 0) is 38.9 Å². The van der Waals surface area contributed by atoms with Crippen molar-refractivity contribution in [2.75, 3.05) is 25.4 Å². The summed E-state index contributed by atoms with van der Waals surface area (Å²) in [5.41, 5.74) is 5.75. The van der Waals surface area contributed by atoms with Crippen LogP contribution in [0.2, 0.25) is 0 Å². The standard InChI is InChI=1S/C25H30N8O10S2/c1-25(2)20(22(35)33(25)43-45(38,39)40)29-21(34)19(16-12-44-24(26)28-16)30-42-17(23(36)37)11-41-15-4-5-18-31(3)14(9-32(18)10-15)6-13-7-27-8-13/h4-5,9-10,12-13,17,20,27H,6-8,11H2,1-3H3,(H4-,26,28,29,34,36,37,38,39,40)/p+1/b30-19-/t17-,20+/m0/s1. The lowest BCUT2D eigenvalue weighted by molar-refractivity contribution is -0.652. The predicted molar refractivity (Wildman–Crippen MR) is 155 cm³/mol. The second-order valence-electron chi connectivity index (χ2n) is 11.0. The first-order valence-electron chi connectivity index (χ1n) is 13.5. The number of carbonyl (C=O) groups excluding carboxylic acids is 2. The fourth-order valence-electron chi connectivity index (χ4n) is 4.79. The normalized spacial score (nSPS) is 19.1. The van der Waals surface area contributed by atoms with E-state index in [1.165, 1.54) is 19.2 Å². The molecule has 2 aliphatic rings. The lowest BCUT2D eigenvalue weighted by Gasteiger charge is -2.50. The molecule has 45 heavy (non-hydrogen) atoms. The van der Waals surface area contributed by atoms with Gasteiger partial charge in [0.1, 0.15) is 36.4 Å². The number of rotatable bonds is 13. The van der Waals surface area contributed by atoms with Gasteiger partial charge >= 0.3 is 16.4 Å². The van der Waals surface area contributed by atoms with E-state index in [2.05, 4.69) is 29.6 Å². The number of hydrogen-bond acceptors (Lipinski definition) is 13. The van der Waals surface area contributed by atoms with Crippen LogP contribution in [0, 0.1) is 5.92 Å². The molecule has 2 atom stereocenters. The summed E-state index contributed by atoms with van der Waals surface area (Å²) in [4.78, 5) is 46.9. The Labute approximate surface area is 260 Å². The van der Waals surface area contributed by atoms with Gasteiger partial charge in [0.25, 0.3) is 23.6 Å². The number of carbonyl (C=O) groups is 3. The molecule has 0 radical (unpaired) electrons. The van der Waals surface area contributed by atoms with Crippen LogP contribution < -0.4 is 25.7 Å². The molecule has 2 aliphatic heterocycles. The molecule has 0 bridgehead atoms. The second kappa shape index (κ2) is 12.2. The average Bonchev–Trinajstić information content (AvgIpc) is 3.50. The van der Waals surface area contributed by atoms with Crippen LogP contribution in [0.5, 0.6) is 5.75 Å². The number of nitrogen functional groups attached to an aromatic ring is 1. The lowest BCUT2D eigenvalue weighted by Crippen LogP contribution is -2.76. The number of carboxylic acids is 1. The van der Waals surface area contributed by atoms with Gasteiger partial charge in [-0.15, -0.1) is 15.6 Å². The Bertz CT molecular complexity index is 1780. The number of oxime groups is 1. The van der Waals surface area contributed by atoms with Crippen LogP contribution >= 0.6 is 11.3 Å². The van der Waals surface area contributed by atoms with E-state index in [9.17, 15) is 27.9 Å². The molecule has 3 aromatic rings. The smallest absolute Gasteiger partial charge is 0.418 e. The molecule has 18 nitrogen and oxygen atoms in total. The van der Waals surface area contributed by atoms with Crippen molar-refractivity contribution in [2.24, 2.45) is 18.1 Å². The molecule has 0 saturated carbocycles. The average molecular weight is 668 g/mol. The van der Waals surface area contributed by atoms with Crippen LogP contribution in [-0.2, 0) is 47.4 Å². The number of thiazole rings is 1. The maximum absolute atomic E-state index is 13.2. The minimum Gasteiger partial charge on any atom is -0.485 e. The quantitative estimate of drug-likeness (QED) is 0.0467. The number of nitrogens with one attached hydrogen (secondary N) is 2. The number of hydrogen-bond donors (Lipinski definition) is 5. The van der Waals surface area contributed by atoms with E-state index in [-0.39, 0.29) is 10.8 Å². The molecule has 2 fully saturated rings. The van der Waals surface area contributed by atoms with Crippen molar-refractivity contribution in [3.05, 3.63) is 41.3 Å². The minimum atomic E-state index is -5.01. The molecule has 242 valence electrons. The number of amides is 2. The largest absolute Gasteiger partial charge is 0.485 e. The molecule has 2 amide bonds. The van der Waals surface area contributed by atoms with E-state index in [0.717, 1.165) is 42.2 Å². The fourth-order valence-corrected chi connectivity index (χ4v) is 5.79. The number of imidazole rings is 1. The van der Waals surface area contributed by atoms with Crippen LogP contribution in [0.15, 0.2) is 35.1 Å². The number of fused-ring (bicyclic) bond motifs is 1. The summed E-state index contributed by atoms with van der Waals surface area (Å²) in [7, 11) is -3.04. The summed E-state index contributed by atoms with van der Waals surface area (Å²) >= 11 is 0.967. The Balaban J connectivity index is 1.29. The van der Waals surface area contributed by atoms with Gasteiger partial charge in [0.2, 0.25) is 0 Å². The third kappa shape index (κ3) is 6.83. The lowest BCUT2D eigenvalue weighted by atomic mass is 9.84. The molecular formula is C25H31N8O10S2+. The molecule has 0 unspecified atom stereocenters. The number of pyridine rings is 1. The molecule has 0 aliphatic carbocycles. The van der Waals surface area contributed by atoms with E-state index in [0.29, 0.717) is 16.7 Å². The summed E-state index contributed by atoms with van der Waals surface area (Å²) in [5, 5.41) is 21.0. The number of β-lactam (4-membered cyclic amide) rings is 1. The number of nitrogens with two attached hydrogens (primary N) is 1. The molecule has 5 rings (SSSR count). The summed E-state index contributed by atoms with van der Waals surface area (Å²) in [6.07, 6.45) is 2.95. The minimum absolute atomic E-state index is 0.0673. The van der Waals surface area contributed by atoms with Crippen molar-refractivity contribution in [1.82, 2.24) is 25.1 Å². The highest BCUT2D eigenvalue weighted by Crippen LogP contribution is 2.33. The van der Waals surface area contributed by atoms with E-state index >= 15 is 0 Å². The highest BCUT2D eigenvalue weighted by atomic mass is 32.3. The molecule has 6 N–H and O–H groups in total. The number of hydroxylamine groups is 2. The predicted octanol–water partition coefficient (Wildman–Crippen LogP) is -1.34. The summed E-state index contributed by atoms with van der Waals surface area (Å²) in [6, 6.07) is 2.21. The van der Waals surface area contributed by atoms with E-state index in [1.54, 1.807) is 12.3 Å². The maximum atomic E-state index is 13.2. The third-order valence-corrected chi connectivity index (χ3v) is 8.41. The maximum Gasteiger partial charge on any atom is 0.418 e. The zero-order chi connectivity index (χ0) is 32.7. The Hall–Kier alpha value is -4.37. The van der Waals surface area contributed by atoms with Gasteiger partial charge in [-0.25, -0.2) is 14.3 Å². The van der Waals surface area contributed by atoms with Crippen LogP contribution in [0.25, 0.3) is 5.65 Å². The van der Waals surface area contributed by atoms with Gasteiger partial charge < -0.3 is 31.0 Å². The van der Waals surface area contributed by atoms with Crippen molar-refractivity contribution in [3.63, 3.8) is 0 Å². The fraction of sp³-hybridized carbons (Fsp3) is 0.440. The van der Waals surface area contributed by atoms with E-state index < -0.39 is 58.2 Å². The molecule has 20 heteroatoms. The van der Waals surface area contributed by atoms with Crippen LogP contribution in [-0.4, -0.2) is 93.4 Å². The number of aryl methyl sites for hydroxylation is 1. The Morgan fingerprint density at radius 2 is 2.07 bits per heavy atom. The zero-order valence-corrected chi connectivity index (χ0v) is 25.9. The first-order chi connectivity index (χ1) is 21.1. The molecule has 2 saturated heterocycles. The van der Waals surface area contributed by atoms with Gasteiger partial charge in [0.15, 0.2) is 16.6 Å². The van der Waals surface area contributed by atoms with Crippen molar-refractivity contribution < 1.29 is 50.9 Å². The number of ether oxygens (including phenoxy) is 1. The molecule has 3 aromatic heterocycles. The number of anilines is 1. The van der Waals surface area contributed by atoms with Crippen LogP contribution in [0.1, 0.15) is 25.2 Å². The van der Waals surface area contributed by atoms with Crippen molar-refractivity contribution >= 4 is 56.0 Å². The van der Waals surface area contributed by atoms with Gasteiger partial charge in [0.05, 0.1) is 12.6 Å². The first kappa shape index (κ1) is 32.0. The highest BCUT2D eigenvalue weighted by Gasteiger charge is 2.58. The summed E-state index contributed by atoms with van der Waals surface area (Å²) in [6.45, 7) is 4.20. The van der Waals surface area contributed by atoms with Crippen molar-refractivity contribution in [3.8, 4) is 5.75 Å². The SMILES string of the molecule is C[n+]1c(CC2CNC2)cn2cc(OC[C@H](O/N=C(\C(=O)N[C@@H]3C(=O)N(OS(=O)(=O)O)C3(C)C)c3csc(N)n3)C(=O)O)ccc21. The summed E-state index contributed by atoms with van der Waals surface area (Å²) in [5.74, 6) is -2.50.